The molecule has 0 N–H and O–H groups in total. The largest absolute Gasteiger partial charge is 0.488 e. The van der Waals surface area contributed by atoms with Gasteiger partial charge in [-0.15, -0.1) is 0 Å². The number of fused-ring (bicyclic) bond motifs is 2. The van der Waals surface area contributed by atoms with Crippen molar-refractivity contribution in [1.29, 1.82) is 0 Å². The van der Waals surface area contributed by atoms with E-state index in [4.69, 9.17) is 37.7 Å². The Morgan fingerprint density at radius 1 is 0.875 bits per heavy atom. The summed E-state index contributed by atoms with van der Waals surface area (Å²) in [7, 11) is 0. The van der Waals surface area contributed by atoms with Gasteiger partial charge in [0, 0.05) is 21.2 Å². The zero-order valence-electron chi connectivity index (χ0n) is 25.7. The maximum atomic E-state index is 14.5. The summed E-state index contributed by atoms with van der Waals surface area (Å²) in [4.78, 5) is 33.7. The number of aromatic nitrogens is 1. The van der Waals surface area contributed by atoms with E-state index < -0.39 is 12.0 Å². The van der Waals surface area contributed by atoms with Crippen molar-refractivity contribution in [3.8, 4) is 5.75 Å². The van der Waals surface area contributed by atoms with Crippen LogP contribution in [0, 0.1) is 0 Å². The Bertz CT molecular complexity index is 2360. The number of thiazole rings is 1. The molecular formula is C39H28Cl2N2O4S. The molecule has 6 nitrogen and oxygen atoms in total. The fraction of sp³-hybridized carbons (Fsp3) is 0.103. The number of benzene rings is 5. The first-order valence-electron chi connectivity index (χ1n) is 15.3. The summed E-state index contributed by atoms with van der Waals surface area (Å²) < 4.78 is 14.0. The fourth-order valence-corrected chi connectivity index (χ4v) is 7.06. The summed E-state index contributed by atoms with van der Waals surface area (Å²) in [6.45, 7) is 2.24. The van der Waals surface area contributed by atoms with Crippen molar-refractivity contribution in [3.63, 3.8) is 0 Å². The molecule has 0 spiro atoms. The van der Waals surface area contributed by atoms with E-state index in [9.17, 15) is 9.59 Å². The highest BCUT2D eigenvalue weighted by atomic mass is 35.5. The molecule has 1 aromatic heterocycles. The second kappa shape index (κ2) is 13.6. The van der Waals surface area contributed by atoms with Crippen LogP contribution < -0.4 is 19.6 Å². The van der Waals surface area contributed by atoms with Gasteiger partial charge in [0.05, 0.1) is 28.5 Å². The van der Waals surface area contributed by atoms with Gasteiger partial charge in [-0.3, -0.25) is 9.36 Å². The van der Waals surface area contributed by atoms with Crippen molar-refractivity contribution < 1.29 is 14.3 Å². The van der Waals surface area contributed by atoms with Crippen LogP contribution in [0.1, 0.15) is 35.2 Å². The molecule has 7 rings (SSSR count). The molecule has 9 heteroatoms. The Kier molecular flexibility index (Phi) is 9.00. The van der Waals surface area contributed by atoms with Gasteiger partial charge in [0.2, 0.25) is 0 Å². The Morgan fingerprint density at radius 3 is 2.29 bits per heavy atom. The summed E-state index contributed by atoms with van der Waals surface area (Å²) in [5, 5.41) is 3.13. The predicted octanol–water partition coefficient (Wildman–Crippen LogP) is 7.97. The standard InChI is InChI=1S/C39H28Cl2N2O4S/c1-2-46-38(45)34-35(26-9-4-3-5-10-26)42-39-43(36(34)27-14-19-29(41)20-15-27)37(44)33(48-39)22-31-30-11-7-6-8-25(30)16-21-32(31)47-23-24-12-17-28(40)18-13-24/h3-22,36H,2,23H2,1H3/b33-22-/t36-/m1/s1. The molecule has 0 unspecified atom stereocenters. The molecule has 6 aromatic rings. The highest BCUT2D eigenvalue weighted by Gasteiger charge is 2.35. The van der Waals surface area contributed by atoms with E-state index in [0.29, 0.717) is 43.0 Å². The number of carbonyl (C=O) groups excluding carboxylic acids is 1. The summed E-state index contributed by atoms with van der Waals surface area (Å²) in [5.41, 5.74) is 3.62. The molecule has 0 saturated carbocycles. The maximum Gasteiger partial charge on any atom is 0.338 e. The SMILES string of the molecule is CCOC(=O)C1=C(c2ccccc2)N=c2s/c(=C\c3c(OCc4ccc(Cl)cc4)ccc4ccccc34)c(=O)n2[C@@H]1c1ccc(Cl)cc1. The minimum atomic E-state index is -0.803. The quantitative estimate of drug-likeness (QED) is 0.152. The van der Waals surface area contributed by atoms with Crippen molar-refractivity contribution in [2.45, 2.75) is 19.6 Å². The van der Waals surface area contributed by atoms with Crippen molar-refractivity contribution in [2.24, 2.45) is 4.99 Å². The van der Waals surface area contributed by atoms with E-state index >= 15 is 0 Å². The molecule has 1 aliphatic heterocycles. The molecular weight excluding hydrogens is 663 g/mol. The average molecular weight is 692 g/mol. The molecule has 5 aromatic carbocycles. The van der Waals surface area contributed by atoms with Crippen molar-refractivity contribution in [3.05, 3.63) is 173 Å². The van der Waals surface area contributed by atoms with Gasteiger partial charge >= 0.3 is 5.97 Å². The molecule has 0 aliphatic carbocycles. The molecule has 1 atom stereocenters. The van der Waals surface area contributed by atoms with E-state index in [1.54, 1.807) is 23.6 Å². The second-order valence-electron chi connectivity index (χ2n) is 11.1. The topological polar surface area (TPSA) is 69.9 Å². The second-order valence-corrected chi connectivity index (χ2v) is 13.0. The lowest BCUT2D eigenvalue weighted by Crippen LogP contribution is -2.40. The molecule has 0 fully saturated rings. The molecule has 238 valence electrons. The molecule has 0 bridgehead atoms. The third-order valence-corrected chi connectivity index (χ3v) is 9.56. The van der Waals surface area contributed by atoms with Crippen molar-refractivity contribution >= 4 is 63.1 Å². The van der Waals surface area contributed by atoms with Crippen LogP contribution in [-0.4, -0.2) is 17.1 Å². The van der Waals surface area contributed by atoms with Crippen LogP contribution in [0.25, 0.3) is 22.5 Å². The molecule has 0 radical (unpaired) electrons. The van der Waals surface area contributed by atoms with Crippen LogP contribution in [-0.2, 0) is 16.1 Å². The van der Waals surface area contributed by atoms with Crippen LogP contribution in [0.3, 0.4) is 0 Å². The smallest absolute Gasteiger partial charge is 0.338 e. The number of rotatable bonds is 8. The Morgan fingerprint density at radius 2 is 1.56 bits per heavy atom. The van der Waals surface area contributed by atoms with Gasteiger partial charge in [0.1, 0.15) is 12.4 Å². The normalized spacial score (nSPS) is 14.5. The van der Waals surface area contributed by atoms with E-state index in [2.05, 4.69) is 0 Å². The minimum Gasteiger partial charge on any atom is -0.488 e. The van der Waals surface area contributed by atoms with Crippen molar-refractivity contribution in [2.75, 3.05) is 6.61 Å². The highest BCUT2D eigenvalue weighted by Crippen LogP contribution is 2.36. The van der Waals surface area contributed by atoms with Gasteiger partial charge in [-0.05, 0) is 65.2 Å². The molecule has 0 amide bonds. The number of hydrogen-bond acceptors (Lipinski definition) is 6. The summed E-state index contributed by atoms with van der Waals surface area (Å²) in [5.74, 6) is 0.0854. The first-order chi connectivity index (χ1) is 23.4. The van der Waals surface area contributed by atoms with Crippen molar-refractivity contribution in [1.82, 2.24) is 4.57 Å². The Labute approximate surface area is 290 Å². The first-order valence-corrected chi connectivity index (χ1v) is 16.9. The Balaban J connectivity index is 1.45. The fourth-order valence-electron chi connectivity index (χ4n) is 5.82. The maximum absolute atomic E-state index is 14.5. The summed E-state index contributed by atoms with van der Waals surface area (Å²) >= 11 is 13.6. The van der Waals surface area contributed by atoms with Crippen LogP contribution in [0.4, 0.5) is 0 Å². The molecule has 2 heterocycles. The average Bonchev–Trinajstić information content (AvgIpc) is 3.42. The van der Waals surface area contributed by atoms with Gasteiger partial charge in [-0.1, -0.05) is 119 Å². The summed E-state index contributed by atoms with van der Waals surface area (Å²) in [6, 6.07) is 35.2. The van der Waals surface area contributed by atoms with Crippen LogP contribution in [0.2, 0.25) is 10.0 Å². The lowest BCUT2D eigenvalue weighted by molar-refractivity contribution is -0.138. The van der Waals surface area contributed by atoms with E-state index in [-0.39, 0.29) is 17.7 Å². The lowest BCUT2D eigenvalue weighted by Gasteiger charge is -2.26. The Hall–Kier alpha value is -4.95. The zero-order valence-corrected chi connectivity index (χ0v) is 28.1. The van der Waals surface area contributed by atoms with Gasteiger partial charge in [0.15, 0.2) is 4.80 Å². The minimum absolute atomic E-state index is 0.169. The van der Waals surface area contributed by atoms with Crippen LogP contribution in [0.15, 0.2) is 131 Å². The highest BCUT2D eigenvalue weighted by molar-refractivity contribution is 7.07. The van der Waals surface area contributed by atoms with Crippen LogP contribution in [0.5, 0.6) is 5.75 Å². The number of halogens is 2. The van der Waals surface area contributed by atoms with Gasteiger partial charge < -0.3 is 9.47 Å². The first kappa shape index (κ1) is 31.6. The van der Waals surface area contributed by atoms with Crippen LogP contribution >= 0.6 is 34.5 Å². The zero-order chi connectivity index (χ0) is 33.2. The van der Waals surface area contributed by atoms with E-state index in [1.807, 2.05) is 109 Å². The lowest BCUT2D eigenvalue weighted by atomic mass is 9.93. The molecule has 1 aliphatic rings. The van der Waals surface area contributed by atoms with Gasteiger partial charge in [-0.2, -0.15) is 0 Å². The number of esters is 1. The predicted molar refractivity (Wildman–Crippen MR) is 192 cm³/mol. The van der Waals surface area contributed by atoms with E-state index in [1.165, 1.54) is 11.3 Å². The van der Waals surface area contributed by atoms with E-state index in [0.717, 1.165) is 27.5 Å². The number of hydrogen-bond donors (Lipinski definition) is 0. The molecule has 0 saturated heterocycles. The molecule has 48 heavy (non-hydrogen) atoms. The third-order valence-electron chi connectivity index (χ3n) is 8.07. The van der Waals surface area contributed by atoms with Gasteiger partial charge in [-0.25, -0.2) is 9.79 Å². The number of carbonyl (C=O) groups is 1. The number of nitrogens with zero attached hydrogens (tertiary/aromatic N) is 2. The van der Waals surface area contributed by atoms with Gasteiger partial charge in [0.25, 0.3) is 5.56 Å². The monoisotopic (exact) mass is 690 g/mol. The third kappa shape index (κ3) is 6.20. The summed E-state index contributed by atoms with van der Waals surface area (Å²) in [6.07, 6.45) is 1.86. The number of ether oxygens (including phenoxy) is 2.